The van der Waals surface area contributed by atoms with Gasteiger partial charge in [0.05, 0.1) is 28.9 Å². The lowest BCUT2D eigenvalue weighted by molar-refractivity contribution is -0.113. The van der Waals surface area contributed by atoms with Crippen LogP contribution in [0, 0.1) is 5.82 Å². The lowest BCUT2D eigenvalue weighted by atomic mass is 9.93. The molecule has 0 saturated heterocycles. The molecule has 4 aromatic rings. The van der Waals surface area contributed by atoms with Gasteiger partial charge in [-0.25, -0.2) is 9.18 Å². The van der Waals surface area contributed by atoms with Gasteiger partial charge in [0.25, 0.3) is 11.8 Å². The van der Waals surface area contributed by atoms with E-state index in [4.69, 9.17) is 0 Å². The summed E-state index contributed by atoms with van der Waals surface area (Å²) in [5, 5.41) is 18.5. The number of fused-ring (bicyclic) bond motifs is 1. The maximum absolute atomic E-state index is 14.7. The summed E-state index contributed by atoms with van der Waals surface area (Å²) in [7, 11) is 0. The SMILES string of the molecule is CC1=C(C(=O)Nc2ccc3[nH]ncc3c2)C(c2ccc(F)c(C(=O)NCc3ccccc3)c2)NC(=O)N1. The van der Waals surface area contributed by atoms with E-state index in [1.165, 1.54) is 12.1 Å². The normalized spacial score (nSPS) is 15.2. The topological polar surface area (TPSA) is 128 Å². The Morgan fingerprint density at radius 1 is 1.03 bits per heavy atom. The van der Waals surface area contributed by atoms with Crippen LogP contribution in [0.1, 0.15) is 34.5 Å². The van der Waals surface area contributed by atoms with E-state index in [-0.39, 0.29) is 17.7 Å². The Morgan fingerprint density at radius 3 is 2.65 bits per heavy atom. The van der Waals surface area contributed by atoms with E-state index >= 15 is 0 Å². The Morgan fingerprint density at radius 2 is 1.84 bits per heavy atom. The molecular formula is C27H23FN6O3. The minimum atomic E-state index is -0.910. The van der Waals surface area contributed by atoms with Gasteiger partial charge in [-0.1, -0.05) is 36.4 Å². The average Bonchev–Trinajstić information content (AvgIpc) is 3.35. The number of halogens is 1. The number of hydrogen-bond acceptors (Lipinski definition) is 4. The molecule has 1 aliphatic rings. The maximum atomic E-state index is 14.7. The summed E-state index contributed by atoms with van der Waals surface area (Å²) < 4.78 is 14.7. The van der Waals surface area contributed by atoms with E-state index in [1.54, 1.807) is 31.3 Å². The highest BCUT2D eigenvalue weighted by Crippen LogP contribution is 2.29. The highest BCUT2D eigenvalue weighted by Gasteiger charge is 2.32. The van der Waals surface area contributed by atoms with E-state index < -0.39 is 29.7 Å². The third-order valence-corrected chi connectivity index (χ3v) is 6.08. The van der Waals surface area contributed by atoms with Crippen LogP contribution in [-0.4, -0.2) is 28.0 Å². The quantitative estimate of drug-likeness (QED) is 0.276. The fraction of sp³-hybridized carbons (Fsp3) is 0.111. The predicted molar refractivity (Wildman–Crippen MR) is 136 cm³/mol. The molecule has 5 N–H and O–H groups in total. The number of aromatic nitrogens is 2. The molecule has 2 heterocycles. The van der Waals surface area contributed by atoms with E-state index in [9.17, 15) is 18.8 Å². The molecule has 5 rings (SSSR count). The number of carbonyl (C=O) groups is 3. The Bertz CT molecular complexity index is 1550. The molecule has 9 nitrogen and oxygen atoms in total. The predicted octanol–water partition coefficient (Wildman–Crippen LogP) is 3.90. The average molecular weight is 499 g/mol. The van der Waals surface area contributed by atoms with Crippen LogP contribution in [0.15, 0.2) is 84.2 Å². The third kappa shape index (κ3) is 5.03. The summed E-state index contributed by atoms with van der Waals surface area (Å²) in [6, 6.07) is 17.0. The molecule has 3 aromatic carbocycles. The lowest BCUT2D eigenvalue weighted by Gasteiger charge is -2.29. The second kappa shape index (κ2) is 9.94. The second-order valence-electron chi connectivity index (χ2n) is 8.60. The highest BCUT2D eigenvalue weighted by atomic mass is 19.1. The lowest BCUT2D eigenvalue weighted by Crippen LogP contribution is -2.46. The smallest absolute Gasteiger partial charge is 0.319 e. The molecule has 0 radical (unpaired) electrons. The van der Waals surface area contributed by atoms with Crippen LogP contribution in [-0.2, 0) is 11.3 Å². The van der Waals surface area contributed by atoms with Crippen LogP contribution in [0.25, 0.3) is 10.9 Å². The number of nitrogens with zero attached hydrogens (tertiary/aromatic N) is 1. The van der Waals surface area contributed by atoms with Crippen molar-refractivity contribution in [1.82, 2.24) is 26.1 Å². The molecule has 1 unspecified atom stereocenters. The second-order valence-corrected chi connectivity index (χ2v) is 8.60. The number of aromatic amines is 1. The van der Waals surface area contributed by atoms with Gasteiger partial charge in [-0.05, 0) is 48.4 Å². The van der Waals surface area contributed by atoms with Gasteiger partial charge in [0.15, 0.2) is 0 Å². The van der Waals surface area contributed by atoms with Crippen molar-refractivity contribution in [3.05, 3.63) is 107 Å². The van der Waals surface area contributed by atoms with Gasteiger partial charge >= 0.3 is 6.03 Å². The van der Waals surface area contributed by atoms with E-state index in [2.05, 4.69) is 31.5 Å². The first-order valence-electron chi connectivity index (χ1n) is 11.5. The number of benzene rings is 3. The number of amides is 4. The number of H-pyrrole nitrogens is 1. The van der Waals surface area contributed by atoms with E-state index in [1.807, 2.05) is 30.3 Å². The van der Waals surface area contributed by atoms with Gasteiger partial charge in [-0.2, -0.15) is 5.10 Å². The van der Waals surface area contributed by atoms with Crippen molar-refractivity contribution in [2.45, 2.75) is 19.5 Å². The zero-order valence-electron chi connectivity index (χ0n) is 19.8. The van der Waals surface area contributed by atoms with Crippen LogP contribution < -0.4 is 21.3 Å². The van der Waals surface area contributed by atoms with Gasteiger partial charge in [-0.3, -0.25) is 14.7 Å². The van der Waals surface area contributed by atoms with Crippen LogP contribution in [0.5, 0.6) is 0 Å². The van der Waals surface area contributed by atoms with Gasteiger partial charge < -0.3 is 21.3 Å². The molecule has 37 heavy (non-hydrogen) atoms. The van der Waals surface area contributed by atoms with Crippen molar-refractivity contribution in [1.29, 1.82) is 0 Å². The van der Waals surface area contributed by atoms with Crippen molar-refractivity contribution in [3.63, 3.8) is 0 Å². The van der Waals surface area contributed by atoms with E-state index in [0.29, 0.717) is 16.9 Å². The first-order valence-corrected chi connectivity index (χ1v) is 11.5. The van der Waals surface area contributed by atoms with Gasteiger partial charge in [0, 0.05) is 23.3 Å². The minimum absolute atomic E-state index is 0.191. The molecule has 1 aromatic heterocycles. The first kappa shape index (κ1) is 23.7. The standard InChI is InChI=1S/C27H23FN6O3/c1-15-23(26(36)32-19-8-10-22-18(11-19)14-30-34-22)24(33-27(37)31-15)17-7-9-21(28)20(12-17)25(35)29-13-16-5-3-2-4-6-16/h2-12,14,24H,13H2,1H3,(H,29,35)(H,30,34)(H,32,36)(H2,31,33,37). The molecule has 0 saturated carbocycles. The molecule has 0 aliphatic carbocycles. The molecule has 1 aliphatic heterocycles. The largest absolute Gasteiger partial charge is 0.348 e. The Labute approximate surface area is 211 Å². The third-order valence-electron chi connectivity index (χ3n) is 6.08. The zero-order valence-corrected chi connectivity index (χ0v) is 19.8. The molecule has 1 atom stereocenters. The van der Waals surface area contributed by atoms with Crippen LogP contribution in [0.3, 0.4) is 0 Å². The number of nitrogens with one attached hydrogen (secondary N) is 5. The highest BCUT2D eigenvalue weighted by molar-refractivity contribution is 6.07. The van der Waals surface area contributed by atoms with Crippen molar-refractivity contribution < 1.29 is 18.8 Å². The summed E-state index contributed by atoms with van der Waals surface area (Å²) in [5.41, 5.74) is 2.99. The summed E-state index contributed by atoms with van der Waals surface area (Å²) >= 11 is 0. The molecule has 0 fully saturated rings. The molecular weight excluding hydrogens is 475 g/mol. The van der Waals surface area contributed by atoms with Crippen LogP contribution >= 0.6 is 0 Å². The number of carbonyl (C=O) groups excluding carboxylic acids is 3. The first-order chi connectivity index (χ1) is 17.9. The van der Waals surface area contributed by atoms with Crippen molar-refractivity contribution in [2.24, 2.45) is 0 Å². The molecule has 10 heteroatoms. The van der Waals surface area contributed by atoms with Crippen LogP contribution in [0.2, 0.25) is 0 Å². The minimum Gasteiger partial charge on any atom is -0.348 e. The number of hydrogen-bond donors (Lipinski definition) is 5. The Balaban J connectivity index is 1.41. The summed E-state index contributed by atoms with van der Waals surface area (Å²) in [6.45, 7) is 1.83. The van der Waals surface area contributed by atoms with Gasteiger partial charge in [0.1, 0.15) is 5.82 Å². The summed E-state index contributed by atoms with van der Waals surface area (Å²) in [5.74, 6) is -1.78. The molecule has 0 bridgehead atoms. The van der Waals surface area contributed by atoms with Crippen molar-refractivity contribution in [2.75, 3.05) is 5.32 Å². The summed E-state index contributed by atoms with van der Waals surface area (Å²) in [4.78, 5) is 38.4. The Kier molecular flexibility index (Phi) is 6.38. The van der Waals surface area contributed by atoms with Crippen molar-refractivity contribution >= 4 is 34.4 Å². The zero-order chi connectivity index (χ0) is 25.9. The monoisotopic (exact) mass is 498 g/mol. The fourth-order valence-corrected chi connectivity index (χ4v) is 4.23. The van der Waals surface area contributed by atoms with Gasteiger partial charge in [-0.15, -0.1) is 0 Å². The summed E-state index contributed by atoms with van der Waals surface area (Å²) in [6.07, 6.45) is 1.64. The molecule has 186 valence electrons. The molecule has 4 amide bonds. The number of urea groups is 1. The molecule has 0 spiro atoms. The van der Waals surface area contributed by atoms with Gasteiger partial charge in [0.2, 0.25) is 0 Å². The van der Waals surface area contributed by atoms with E-state index in [0.717, 1.165) is 22.5 Å². The van der Waals surface area contributed by atoms with Crippen LogP contribution in [0.4, 0.5) is 14.9 Å². The fourth-order valence-electron chi connectivity index (χ4n) is 4.23. The maximum Gasteiger partial charge on any atom is 0.319 e. The number of allylic oxidation sites excluding steroid dienone is 1. The Hall–Kier alpha value is -4.99. The number of rotatable bonds is 6. The van der Waals surface area contributed by atoms with Crippen molar-refractivity contribution in [3.8, 4) is 0 Å². The number of anilines is 1.